The minimum absolute atomic E-state index is 0.0401. The number of rotatable bonds is 8. The Kier molecular flexibility index (Phi) is 7.97. The second-order valence-corrected chi connectivity index (χ2v) is 8.06. The molecule has 1 fully saturated rings. The lowest BCUT2D eigenvalue weighted by atomic mass is 9.99. The van der Waals surface area contributed by atoms with Crippen LogP contribution in [-0.4, -0.2) is 53.7 Å². The van der Waals surface area contributed by atoms with Crippen LogP contribution in [0, 0.1) is 5.92 Å². The summed E-state index contributed by atoms with van der Waals surface area (Å²) in [6.45, 7) is 6.95. The van der Waals surface area contributed by atoms with E-state index in [1.54, 1.807) is 27.7 Å². The van der Waals surface area contributed by atoms with Gasteiger partial charge < -0.3 is 14.2 Å². The van der Waals surface area contributed by atoms with Crippen molar-refractivity contribution in [3.8, 4) is 0 Å². The molecule has 1 aliphatic rings. The molecule has 0 aromatic heterocycles. The predicted molar refractivity (Wildman–Crippen MR) is 107 cm³/mol. The Morgan fingerprint density at radius 3 is 2.47 bits per heavy atom. The van der Waals surface area contributed by atoms with Gasteiger partial charge >= 0.3 is 18.0 Å². The zero-order valence-corrected chi connectivity index (χ0v) is 17.9. The minimum Gasteiger partial charge on any atom is -0.466 e. The molecule has 0 saturated carbocycles. The quantitative estimate of drug-likeness (QED) is 0.363. The van der Waals surface area contributed by atoms with Crippen LogP contribution in [0.4, 0.5) is 4.79 Å². The molecular weight excluding hydrogens is 390 g/mol. The summed E-state index contributed by atoms with van der Waals surface area (Å²) in [6, 6.07) is 8.83. The molecule has 0 N–H and O–H groups in total. The Morgan fingerprint density at radius 1 is 1.20 bits per heavy atom. The van der Waals surface area contributed by atoms with Crippen molar-refractivity contribution >= 4 is 23.9 Å². The van der Waals surface area contributed by atoms with Crippen LogP contribution in [0.5, 0.6) is 0 Å². The molecule has 8 nitrogen and oxygen atoms in total. The van der Waals surface area contributed by atoms with Gasteiger partial charge in [-0.2, -0.15) is 0 Å². The lowest BCUT2D eigenvalue weighted by Gasteiger charge is -2.27. The number of esters is 2. The Bertz CT molecular complexity index is 769. The Hall–Kier alpha value is -2.90. The highest BCUT2D eigenvalue weighted by Gasteiger charge is 2.44. The van der Waals surface area contributed by atoms with Gasteiger partial charge in [0.25, 0.3) is 0 Å². The van der Waals surface area contributed by atoms with Gasteiger partial charge in [0, 0.05) is 6.42 Å². The fraction of sp³-hybridized carbons (Fsp3) is 0.545. The summed E-state index contributed by atoms with van der Waals surface area (Å²) >= 11 is 0. The zero-order valence-electron chi connectivity index (χ0n) is 17.9. The van der Waals surface area contributed by atoms with E-state index in [1.165, 1.54) is 0 Å². The first-order valence-electron chi connectivity index (χ1n) is 10.0. The van der Waals surface area contributed by atoms with Crippen LogP contribution in [0.1, 0.15) is 46.1 Å². The molecule has 30 heavy (non-hydrogen) atoms. The first-order chi connectivity index (χ1) is 14.1. The third kappa shape index (κ3) is 6.57. The van der Waals surface area contributed by atoms with Crippen LogP contribution in [0.25, 0.3) is 0 Å². The largest absolute Gasteiger partial charge is 0.466 e. The summed E-state index contributed by atoms with van der Waals surface area (Å²) in [5.41, 5.74) is 0.105. The highest BCUT2D eigenvalue weighted by molar-refractivity contribution is 6.04. The number of ether oxygens (including phenoxy) is 3. The number of nitrogens with zero attached hydrogens (tertiary/aromatic N) is 1. The Balaban J connectivity index is 2.21. The molecule has 1 heterocycles. The Labute approximate surface area is 176 Å². The van der Waals surface area contributed by atoms with Gasteiger partial charge in [0.2, 0.25) is 5.91 Å². The molecule has 0 aliphatic carbocycles. The van der Waals surface area contributed by atoms with Crippen molar-refractivity contribution < 1.29 is 33.4 Å². The molecule has 2 amide bonds. The number of imide groups is 1. The average molecular weight is 419 g/mol. The number of benzene rings is 1. The summed E-state index contributed by atoms with van der Waals surface area (Å²) in [5.74, 6) is -3.34. The smallest absolute Gasteiger partial charge is 0.417 e. The van der Waals surface area contributed by atoms with Gasteiger partial charge in [0.15, 0.2) is 0 Å². The molecule has 0 bridgehead atoms. The van der Waals surface area contributed by atoms with Crippen LogP contribution in [0.3, 0.4) is 0 Å². The van der Waals surface area contributed by atoms with Gasteiger partial charge in [-0.1, -0.05) is 30.3 Å². The van der Waals surface area contributed by atoms with E-state index in [0.717, 1.165) is 10.5 Å². The topological polar surface area (TPSA) is 99.2 Å². The van der Waals surface area contributed by atoms with Crippen molar-refractivity contribution in [2.45, 2.75) is 58.6 Å². The van der Waals surface area contributed by atoms with Crippen molar-refractivity contribution in [3.05, 3.63) is 35.9 Å². The predicted octanol–water partition coefficient (Wildman–Crippen LogP) is 2.88. The van der Waals surface area contributed by atoms with Crippen molar-refractivity contribution in [1.29, 1.82) is 0 Å². The van der Waals surface area contributed by atoms with Gasteiger partial charge in [0.1, 0.15) is 18.1 Å². The molecule has 2 atom stereocenters. The molecule has 2 unspecified atom stereocenters. The fourth-order valence-electron chi connectivity index (χ4n) is 3.15. The lowest BCUT2D eigenvalue weighted by Crippen LogP contribution is -2.47. The maximum Gasteiger partial charge on any atom is 0.417 e. The molecule has 1 aliphatic heterocycles. The molecule has 8 heteroatoms. The van der Waals surface area contributed by atoms with E-state index in [2.05, 4.69) is 0 Å². The first-order valence-corrected chi connectivity index (χ1v) is 10.0. The Morgan fingerprint density at radius 2 is 1.87 bits per heavy atom. The van der Waals surface area contributed by atoms with Gasteiger partial charge in [-0.15, -0.1) is 0 Å². The van der Waals surface area contributed by atoms with Crippen LogP contribution < -0.4 is 0 Å². The second kappa shape index (κ2) is 10.2. The minimum atomic E-state index is -1.31. The maximum absolute atomic E-state index is 13.2. The van der Waals surface area contributed by atoms with Crippen molar-refractivity contribution in [2.24, 2.45) is 5.92 Å². The highest BCUT2D eigenvalue weighted by Crippen LogP contribution is 2.24. The molecule has 1 aromatic rings. The number of carbonyl (C=O) groups excluding carboxylic acids is 4. The van der Waals surface area contributed by atoms with Gasteiger partial charge in [0.05, 0.1) is 12.6 Å². The summed E-state index contributed by atoms with van der Waals surface area (Å²) in [5, 5.41) is 0. The molecule has 0 radical (unpaired) electrons. The summed E-state index contributed by atoms with van der Waals surface area (Å²) in [6.07, 6.45) is -0.660. The molecule has 2 rings (SSSR count). The van der Waals surface area contributed by atoms with Gasteiger partial charge in [-0.05, 0) is 46.1 Å². The van der Waals surface area contributed by atoms with Crippen LogP contribution in [0.15, 0.2) is 30.3 Å². The van der Waals surface area contributed by atoms with Crippen LogP contribution in [-0.2, 0) is 35.0 Å². The monoisotopic (exact) mass is 419 g/mol. The van der Waals surface area contributed by atoms with Crippen molar-refractivity contribution in [1.82, 2.24) is 4.90 Å². The molecule has 0 spiro atoms. The molecule has 1 aromatic carbocycles. The SMILES string of the molecule is CCOC(=O)CCC(C(=O)OC(C)(C)C)C(=O)N1C(=O)OCC1Cc1ccccc1. The number of cyclic esters (lactones) is 1. The van der Waals surface area contributed by atoms with E-state index >= 15 is 0 Å². The summed E-state index contributed by atoms with van der Waals surface area (Å²) in [4.78, 5) is 51.0. The number of carbonyl (C=O) groups is 4. The van der Waals surface area contributed by atoms with Gasteiger partial charge in [-0.3, -0.25) is 14.4 Å². The lowest BCUT2D eigenvalue weighted by molar-refractivity contribution is -0.164. The first kappa shape index (κ1) is 23.4. The third-order valence-electron chi connectivity index (χ3n) is 4.44. The fourth-order valence-corrected chi connectivity index (χ4v) is 3.15. The van der Waals surface area contributed by atoms with E-state index in [0.29, 0.717) is 6.42 Å². The maximum atomic E-state index is 13.2. The third-order valence-corrected chi connectivity index (χ3v) is 4.44. The highest BCUT2D eigenvalue weighted by atomic mass is 16.6. The molecule has 1 saturated heterocycles. The average Bonchev–Trinajstić information content (AvgIpc) is 3.01. The van der Waals surface area contributed by atoms with E-state index in [-0.39, 0.29) is 26.1 Å². The van der Waals surface area contributed by atoms with Gasteiger partial charge in [-0.25, -0.2) is 9.69 Å². The second-order valence-electron chi connectivity index (χ2n) is 8.06. The molecular formula is C22H29NO7. The zero-order chi connectivity index (χ0) is 22.3. The van der Waals surface area contributed by atoms with E-state index < -0.39 is 41.5 Å². The molecule has 164 valence electrons. The van der Waals surface area contributed by atoms with E-state index in [1.807, 2.05) is 30.3 Å². The standard InChI is InChI=1S/C22H29NO7/c1-5-28-18(24)12-11-17(20(26)30-22(2,3)4)19(25)23-16(14-29-21(23)27)13-15-9-7-6-8-10-15/h6-10,16-17H,5,11-14H2,1-4H3. The number of amides is 2. The number of hydrogen-bond donors (Lipinski definition) is 0. The van der Waals surface area contributed by atoms with Crippen LogP contribution in [0.2, 0.25) is 0 Å². The van der Waals surface area contributed by atoms with Crippen molar-refractivity contribution in [3.63, 3.8) is 0 Å². The normalized spacial score (nSPS) is 17.3. The summed E-state index contributed by atoms with van der Waals surface area (Å²) < 4.78 is 15.4. The van der Waals surface area contributed by atoms with Crippen LogP contribution >= 0.6 is 0 Å². The number of hydrogen-bond acceptors (Lipinski definition) is 7. The summed E-state index contributed by atoms with van der Waals surface area (Å²) in [7, 11) is 0. The van der Waals surface area contributed by atoms with Crippen molar-refractivity contribution in [2.75, 3.05) is 13.2 Å². The van der Waals surface area contributed by atoms with E-state index in [9.17, 15) is 19.2 Å². The van der Waals surface area contributed by atoms with E-state index in [4.69, 9.17) is 14.2 Å².